The van der Waals surface area contributed by atoms with E-state index in [2.05, 4.69) is 34.3 Å². The first kappa shape index (κ1) is 17.1. The molecule has 0 spiro atoms. The molecule has 0 aliphatic carbocycles. The molecular weight excluding hydrogens is 300 g/mol. The van der Waals surface area contributed by atoms with Gasteiger partial charge in [0.2, 0.25) is 0 Å². The van der Waals surface area contributed by atoms with E-state index in [4.69, 9.17) is 22.1 Å². The number of aliphatic imine (C=N–C) groups is 1. The molecule has 0 amide bonds. The van der Waals surface area contributed by atoms with Gasteiger partial charge < -0.3 is 15.8 Å². The Morgan fingerprint density at radius 1 is 1.36 bits per heavy atom. The maximum absolute atomic E-state index is 6.00. The smallest absolute Gasteiger partial charge is 0.188 e. The van der Waals surface area contributed by atoms with Crippen LogP contribution in [0.3, 0.4) is 0 Å². The van der Waals surface area contributed by atoms with Gasteiger partial charge in [0, 0.05) is 24.7 Å². The van der Waals surface area contributed by atoms with Crippen LogP contribution in [-0.2, 0) is 4.74 Å². The third-order valence-electron chi connectivity index (χ3n) is 3.73. The summed E-state index contributed by atoms with van der Waals surface area (Å²) in [4.78, 5) is 6.90. The van der Waals surface area contributed by atoms with Crippen LogP contribution in [0.5, 0.6) is 0 Å². The number of nitrogens with one attached hydrogen (secondary N) is 1. The Morgan fingerprint density at radius 3 is 2.68 bits per heavy atom. The molecule has 1 aromatic rings. The van der Waals surface area contributed by atoms with Gasteiger partial charge in [-0.2, -0.15) is 0 Å². The molecular formula is C16H25ClN4O. The van der Waals surface area contributed by atoms with Crippen LogP contribution < -0.4 is 11.1 Å². The van der Waals surface area contributed by atoms with Gasteiger partial charge in [0.05, 0.1) is 25.8 Å². The molecule has 0 aromatic heterocycles. The summed E-state index contributed by atoms with van der Waals surface area (Å²) in [5.74, 6) is 0.508. The van der Waals surface area contributed by atoms with Gasteiger partial charge in [-0.3, -0.25) is 9.89 Å². The van der Waals surface area contributed by atoms with Gasteiger partial charge in [0.1, 0.15) is 0 Å². The molecule has 2 rings (SSSR count). The van der Waals surface area contributed by atoms with Crippen molar-refractivity contribution < 1.29 is 4.74 Å². The van der Waals surface area contributed by atoms with Crippen molar-refractivity contribution in [2.75, 3.05) is 39.4 Å². The lowest BCUT2D eigenvalue weighted by Crippen LogP contribution is -2.41. The molecule has 1 heterocycles. The fourth-order valence-electron chi connectivity index (χ4n) is 2.50. The van der Waals surface area contributed by atoms with Crippen molar-refractivity contribution in [2.24, 2.45) is 10.7 Å². The quantitative estimate of drug-likeness (QED) is 0.621. The van der Waals surface area contributed by atoms with Gasteiger partial charge in [0.25, 0.3) is 0 Å². The number of ether oxygens (including phenoxy) is 1. The van der Waals surface area contributed by atoms with Crippen LogP contribution >= 0.6 is 11.6 Å². The average Bonchev–Trinajstić information content (AvgIpc) is 2.55. The molecule has 6 heteroatoms. The molecule has 1 fully saturated rings. The molecule has 1 atom stereocenters. The van der Waals surface area contributed by atoms with Crippen molar-refractivity contribution in [3.8, 4) is 0 Å². The zero-order valence-electron chi connectivity index (χ0n) is 13.1. The second-order valence-electron chi connectivity index (χ2n) is 5.37. The van der Waals surface area contributed by atoms with Crippen LogP contribution in [0, 0.1) is 0 Å². The summed E-state index contributed by atoms with van der Waals surface area (Å²) in [6.45, 7) is 6.91. The van der Waals surface area contributed by atoms with E-state index < -0.39 is 0 Å². The first-order chi connectivity index (χ1) is 10.7. The number of nitrogens with two attached hydrogens (primary N) is 1. The number of hydrogen-bond acceptors (Lipinski definition) is 3. The highest BCUT2D eigenvalue weighted by Crippen LogP contribution is 2.23. The first-order valence-electron chi connectivity index (χ1n) is 7.81. The molecule has 122 valence electrons. The number of benzene rings is 1. The lowest BCUT2D eigenvalue weighted by molar-refractivity contribution is 0.0180. The second-order valence-corrected chi connectivity index (χ2v) is 5.80. The molecule has 1 unspecified atom stereocenters. The van der Waals surface area contributed by atoms with Gasteiger partial charge >= 0.3 is 0 Å². The number of rotatable bonds is 6. The van der Waals surface area contributed by atoms with Gasteiger partial charge in [-0.15, -0.1) is 0 Å². The van der Waals surface area contributed by atoms with E-state index in [1.54, 1.807) is 0 Å². The summed E-state index contributed by atoms with van der Waals surface area (Å²) in [6.07, 6.45) is 1.03. The Bertz CT molecular complexity index is 472. The summed E-state index contributed by atoms with van der Waals surface area (Å²) >= 11 is 6.00. The minimum Gasteiger partial charge on any atom is -0.379 e. The predicted molar refractivity (Wildman–Crippen MR) is 91.4 cm³/mol. The SMILES string of the molecule is CCCNC(N)=NCC(c1ccc(Cl)cc1)N1CCOCC1. The highest BCUT2D eigenvalue weighted by molar-refractivity contribution is 6.30. The van der Waals surface area contributed by atoms with Gasteiger partial charge in [-0.25, -0.2) is 0 Å². The second kappa shape index (κ2) is 8.98. The van der Waals surface area contributed by atoms with Crippen molar-refractivity contribution in [3.05, 3.63) is 34.9 Å². The van der Waals surface area contributed by atoms with E-state index in [-0.39, 0.29) is 6.04 Å². The fraction of sp³-hybridized carbons (Fsp3) is 0.562. The van der Waals surface area contributed by atoms with Crippen molar-refractivity contribution >= 4 is 17.6 Å². The Labute approximate surface area is 137 Å². The van der Waals surface area contributed by atoms with Crippen LogP contribution in [-0.4, -0.2) is 50.3 Å². The van der Waals surface area contributed by atoms with Crippen molar-refractivity contribution in [2.45, 2.75) is 19.4 Å². The lowest BCUT2D eigenvalue weighted by Gasteiger charge is -2.34. The number of nitrogens with zero attached hydrogens (tertiary/aromatic N) is 2. The minimum atomic E-state index is 0.197. The number of halogens is 1. The van der Waals surface area contributed by atoms with Crippen molar-refractivity contribution in [3.63, 3.8) is 0 Å². The molecule has 0 bridgehead atoms. The van der Waals surface area contributed by atoms with E-state index in [0.717, 1.165) is 44.3 Å². The Kier molecular flexibility index (Phi) is 6.96. The first-order valence-corrected chi connectivity index (χ1v) is 8.19. The molecule has 5 nitrogen and oxygen atoms in total. The van der Waals surface area contributed by atoms with E-state index in [1.165, 1.54) is 5.56 Å². The van der Waals surface area contributed by atoms with E-state index in [0.29, 0.717) is 12.5 Å². The summed E-state index contributed by atoms with van der Waals surface area (Å²) < 4.78 is 5.45. The maximum Gasteiger partial charge on any atom is 0.188 e. The van der Waals surface area contributed by atoms with E-state index in [9.17, 15) is 0 Å². The van der Waals surface area contributed by atoms with Crippen molar-refractivity contribution in [1.29, 1.82) is 0 Å². The van der Waals surface area contributed by atoms with E-state index >= 15 is 0 Å². The molecule has 1 aromatic carbocycles. The van der Waals surface area contributed by atoms with Gasteiger partial charge in [-0.05, 0) is 24.1 Å². The third kappa shape index (κ3) is 5.16. The number of morpholine rings is 1. The summed E-state index contributed by atoms with van der Waals surface area (Å²) in [7, 11) is 0. The lowest BCUT2D eigenvalue weighted by atomic mass is 10.0. The highest BCUT2D eigenvalue weighted by Gasteiger charge is 2.22. The molecule has 1 aliphatic rings. The normalized spacial score (nSPS) is 18.2. The van der Waals surface area contributed by atoms with Crippen LogP contribution in [0.25, 0.3) is 0 Å². The monoisotopic (exact) mass is 324 g/mol. The van der Waals surface area contributed by atoms with Gasteiger partial charge in [-0.1, -0.05) is 30.7 Å². The molecule has 0 saturated carbocycles. The Balaban J connectivity index is 2.08. The van der Waals surface area contributed by atoms with Crippen molar-refractivity contribution in [1.82, 2.24) is 10.2 Å². The average molecular weight is 325 g/mol. The molecule has 22 heavy (non-hydrogen) atoms. The van der Waals surface area contributed by atoms with Crippen LogP contribution in [0.15, 0.2) is 29.3 Å². The van der Waals surface area contributed by atoms with Crippen LogP contribution in [0.2, 0.25) is 5.02 Å². The highest BCUT2D eigenvalue weighted by atomic mass is 35.5. The van der Waals surface area contributed by atoms with Gasteiger partial charge in [0.15, 0.2) is 5.96 Å². The van der Waals surface area contributed by atoms with Crippen LogP contribution in [0.1, 0.15) is 24.9 Å². The molecule has 3 N–H and O–H groups in total. The zero-order valence-corrected chi connectivity index (χ0v) is 13.9. The summed E-state index contributed by atoms with van der Waals surface area (Å²) in [5.41, 5.74) is 7.12. The van der Waals surface area contributed by atoms with E-state index in [1.807, 2.05) is 12.1 Å². The molecule has 1 saturated heterocycles. The standard InChI is InChI=1S/C16H25ClN4O/c1-2-7-19-16(18)20-12-15(21-8-10-22-11-9-21)13-3-5-14(17)6-4-13/h3-6,15H,2,7-12H2,1H3,(H3,18,19,20). The maximum atomic E-state index is 6.00. The minimum absolute atomic E-state index is 0.197. The molecule has 0 radical (unpaired) electrons. The Hall–Kier alpha value is -1.30. The summed E-state index contributed by atoms with van der Waals surface area (Å²) in [5, 5.41) is 3.86. The fourth-order valence-corrected chi connectivity index (χ4v) is 2.63. The third-order valence-corrected chi connectivity index (χ3v) is 3.98. The Morgan fingerprint density at radius 2 is 2.05 bits per heavy atom. The van der Waals surface area contributed by atoms with Crippen LogP contribution in [0.4, 0.5) is 0 Å². The number of guanidine groups is 1. The topological polar surface area (TPSA) is 62.9 Å². The molecule has 1 aliphatic heterocycles. The zero-order chi connectivity index (χ0) is 15.8. The predicted octanol–water partition coefficient (Wildman–Crippen LogP) is 2.03. The number of hydrogen-bond donors (Lipinski definition) is 2. The largest absolute Gasteiger partial charge is 0.379 e. The summed E-state index contributed by atoms with van der Waals surface area (Å²) in [6, 6.07) is 8.17.